The lowest BCUT2D eigenvalue weighted by Crippen LogP contribution is -2.33. The van der Waals surface area contributed by atoms with E-state index in [2.05, 4.69) is 0 Å². The summed E-state index contributed by atoms with van der Waals surface area (Å²) in [6, 6.07) is 15.4. The molecule has 0 atom stereocenters. The fourth-order valence-electron chi connectivity index (χ4n) is 2.06. The highest BCUT2D eigenvalue weighted by Crippen LogP contribution is 2.11. The molecule has 3 nitrogen and oxygen atoms in total. The Hall–Kier alpha value is -2.20. The summed E-state index contributed by atoms with van der Waals surface area (Å²) < 4.78 is 18.3. The summed E-state index contributed by atoms with van der Waals surface area (Å²) in [6.07, 6.45) is 0. The Kier molecular flexibility index (Phi) is 5.46. The predicted molar refractivity (Wildman–Crippen MR) is 79.5 cm³/mol. The molecule has 0 N–H and O–H groups in total. The Bertz CT molecular complexity index is 586. The summed E-state index contributed by atoms with van der Waals surface area (Å²) in [5, 5.41) is 0. The Morgan fingerprint density at radius 2 is 1.90 bits per heavy atom. The maximum atomic E-state index is 13.3. The van der Waals surface area contributed by atoms with E-state index in [1.807, 2.05) is 30.3 Å². The first-order valence-corrected chi connectivity index (χ1v) is 6.78. The fourth-order valence-corrected chi connectivity index (χ4v) is 2.06. The number of benzene rings is 2. The first-order chi connectivity index (χ1) is 10.2. The molecule has 0 saturated carbocycles. The number of rotatable bonds is 6. The van der Waals surface area contributed by atoms with Crippen LogP contribution in [0.1, 0.15) is 15.9 Å². The first kappa shape index (κ1) is 15.2. The van der Waals surface area contributed by atoms with Gasteiger partial charge in [0.2, 0.25) is 0 Å². The number of methoxy groups -OCH3 is 1. The molecule has 2 rings (SSSR count). The van der Waals surface area contributed by atoms with Gasteiger partial charge in [0.25, 0.3) is 5.91 Å². The molecule has 0 bridgehead atoms. The monoisotopic (exact) mass is 287 g/mol. The van der Waals surface area contributed by atoms with Crippen LogP contribution >= 0.6 is 0 Å². The van der Waals surface area contributed by atoms with Crippen molar-refractivity contribution >= 4 is 5.91 Å². The SMILES string of the molecule is COCCN(Cc1ccccc1)C(=O)c1cccc(F)c1. The second-order valence-corrected chi connectivity index (χ2v) is 4.72. The maximum absolute atomic E-state index is 13.3. The lowest BCUT2D eigenvalue weighted by atomic mass is 10.1. The number of halogens is 1. The van der Waals surface area contributed by atoms with E-state index in [4.69, 9.17) is 4.74 Å². The Morgan fingerprint density at radius 3 is 2.57 bits per heavy atom. The van der Waals surface area contributed by atoms with Crippen molar-refractivity contribution in [1.29, 1.82) is 0 Å². The van der Waals surface area contributed by atoms with Gasteiger partial charge in [-0.25, -0.2) is 4.39 Å². The molecule has 0 aliphatic rings. The summed E-state index contributed by atoms with van der Waals surface area (Å²) in [4.78, 5) is 14.2. The molecule has 0 aliphatic heterocycles. The van der Waals surface area contributed by atoms with E-state index in [9.17, 15) is 9.18 Å². The molecule has 2 aromatic rings. The van der Waals surface area contributed by atoms with Crippen molar-refractivity contribution in [2.45, 2.75) is 6.54 Å². The van der Waals surface area contributed by atoms with Crippen molar-refractivity contribution < 1.29 is 13.9 Å². The zero-order chi connectivity index (χ0) is 15.1. The molecule has 4 heteroatoms. The Labute approximate surface area is 124 Å². The zero-order valence-electron chi connectivity index (χ0n) is 12.0. The molecule has 0 aromatic heterocycles. The van der Waals surface area contributed by atoms with Gasteiger partial charge in [-0.1, -0.05) is 36.4 Å². The van der Waals surface area contributed by atoms with Gasteiger partial charge in [-0.05, 0) is 23.8 Å². The highest BCUT2D eigenvalue weighted by atomic mass is 19.1. The van der Waals surface area contributed by atoms with Crippen LogP contribution in [-0.2, 0) is 11.3 Å². The average molecular weight is 287 g/mol. The standard InChI is InChI=1S/C17H18FNO2/c1-21-11-10-19(13-14-6-3-2-4-7-14)17(20)15-8-5-9-16(18)12-15/h2-9,12H,10-11,13H2,1H3. The number of hydrogen-bond acceptors (Lipinski definition) is 2. The van der Waals surface area contributed by atoms with Crippen LogP contribution in [0.5, 0.6) is 0 Å². The molecule has 2 aromatic carbocycles. The van der Waals surface area contributed by atoms with Gasteiger partial charge in [0, 0.05) is 25.8 Å². The molecule has 0 aliphatic carbocycles. The molecule has 21 heavy (non-hydrogen) atoms. The van der Waals surface area contributed by atoms with E-state index in [1.54, 1.807) is 24.1 Å². The molecule has 0 fully saturated rings. The number of carbonyl (C=O) groups excluding carboxylic acids is 1. The van der Waals surface area contributed by atoms with Crippen molar-refractivity contribution in [3.8, 4) is 0 Å². The van der Waals surface area contributed by atoms with E-state index < -0.39 is 5.82 Å². The second-order valence-electron chi connectivity index (χ2n) is 4.72. The smallest absolute Gasteiger partial charge is 0.254 e. The Morgan fingerprint density at radius 1 is 1.14 bits per heavy atom. The van der Waals surface area contributed by atoms with Crippen molar-refractivity contribution in [1.82, 2.24) is 4.90 Å². The lowest BCUT2D eigenvalue weighted by Gasteiger charge is -2.22. The van der Waals surface area contributed by atoms with E-state index in [0.717, 1.165) is 5.56 Å². The van der Waals surface area contributed by atoms with E-state index in [1.165, 1.54) is 12.1 Å². The van der Waals surface area contributed by atoms with Gasteiger partial charge in [0.15, 0.2) is 0 Å². The molecular weight excluding hydrogens is 269 g/mol. The molecule has 110 valence electrons. The minimum absolute atomic E-state index is 0.199. The molecular formula is C17H18FNO2. The first-order valence-electron chi connectivity index (χ1n) is 6.78. The lowest BCUT2D eigenvalue weighted by molar-refractivity contribution is 0.0680. The Balaban J connectivity index is 2.17. The third kappa shape index (κ3) is 4.39. The van der Waals surface area contributed by atoms with Crippen LogP contribution in [-0.4, -0.2) is 31.1 Å². The van der Waals surface area contributed by atoms with Crippen LogP contribution < -0.4 is 0 Å². The second kappa shape index (κ2) is 7.55. The van der Waals surface area contributed by atoms with Gasteiger partial charge in [-0.2, -0.15) is 0 Å². The molecule has 0 unspecified atom stereocenters. The van der Waals surface area contributed by atoms with Gasteiger partial charge in [-0.3, -0.25) is 4.79 Å². The highest BCUT2D eigenvalue weighted by molar-refractivity contribution is 5.94. The van der Waals surface area contributed by atoms with E-state index >= 15 is 0 Å². The number of ether oxygens (including phenoxy) is 1. The van der Waals surface area contributed by atoms with Crippen LogP contribution in [0.25, 0.3) is 0 Å². The molecule has 0 spiro atoms. The number of hydrogen-bond donors (Lipinski definition) is 0. The van der Waals surface area contributed by atoms with E-state index in [-0.39, 0.29) is 5.91 Å². The van der Waals surface area contributed by atoms with Crippen LogP contribution in [0.15, 0.2) is 54.6 Å². The van der Waals surface area contributed by atoms with Crippen LogP contribution in [0.2, 0.25) is 0 Å². The number of amides is 1. The maximum Gasteiger partial charge on any atom is 0.254 e. The molecule has 1 amide bonds. The summed E-state index contributed by atoms with van der Waals surface area (Å²) in [5.74, 6) is -0.609. The summed E-state index contributed by atoms with van der Waals surface area (Å²) >= 11 is 0. The molecule has 0 heterocycles. The topological polar surface area (TPSA) is 29.5 Å². The third-order valence-corrected chi connectivity index (χ3v) is 3.14. The van der Waals surface area contributed by atoms with Gasteiger partial charge in [-0.15, -0.1) is 0 Å². The van der Waals surface area contributed by atoms with Crippen LogP contribution in [0.4, 0.5) is 4.39 Å². The van der Waals surface area contributed by atoms with Crippen LogP contribution in [0.3, 0.4) is 0 Å². The summed E-state index contributed by atoms with van der Waals surface area (Å²) in [7, 11) is 1.59. The summed E-state index contributed by atoms with van der Waals surface area (Å²) in [5.41, 5.74) is 1.38. The predicted octanol–water partition coefficient (Wildman–Crippen LogP) is 3.11. The van der Waals surface area contributed by atoms with Crippen molar-refractivity contribution in [3.63, 3.8) is 0 Å². The number of carbonyl (C=O) groups is 1. The third-order valence-electron chi connectivity index (χ3n) is 3.14. The van der Waals surface area contributed by atoms with E-state index in [0.29, 0.717) is 25.3 Å². The van der Waals surface area contributed by atoms with Crippen LogP contribution in [0, 0.1) is 5.82 Å². The van der Waals surface area contributed by atoms with Crippen molar-refractivity contribution in [2.75, 3.05) is 20.3 Å². The van der Waals surface area contributed by atoms with Crippen molar-refractivity contribution in [3.05, 3.63) is 71.5 Å². The van der Waals surface area contributed by atoms with Crippen molar-refractivity contribution in [2.24, 2.45) is 0 Å². The molecule has 0 saturated heterocycles. The van der Waals surface area contributed by atoms with Gasteiger partial charge >= 0.3 is 0 Å². The minimum Gasteiger partial charge on any atom is -0.383 e. The largest absolute Gasteiger partial charge is 0.383 e. The minimum atomic E-state index is -0.410. The summed E-state index contributed by atoms with van der Waals surface area (Å²) in [6.45, 7) is 1.37. The number of nitrogens with zero attached hydrogens (tertiary/aromatic N) is 1. The zero-order valence-corrected chi connectivity index (χ0v) is 12.0. The fraction of sp³-hybridized carbons (Fsp3) is 0.235. The average Bonchev–Trinajstić information content (AvgIpc) is 2.51. The normalized spacial score (nSPS) is 10.4. The highest BCUT2D eigenvalue weighted by Gasteiger charge is 2.16. The van der Waals surface area contributed by atoms with Gasteiger partial charge in [0.05, 0.1) is 6.61 Å². The van der Waals surface area contributed by atoms with Gasteiger partial charge in [0.1, 0.15) is 5.82 Å². The quantitative estimate of drug-likeness (QED) is 0.817. The molecule has 0 radical (unpaired) electrons. The van der Waals surface area contributed by atoms with Gasteiger partial charge < -0.3 is 9.64 Å².